The number of rotatable bonds is 3. The number of carbonyl (C=O) groups excluding carboxylic acids is 2. The Labute approximate surface area is 180 Å². The third kappa shape index (κ3) is 8.82. The fourth-order valence-corrected chi connectivity index (χ4v) is 3.37. The molecule has 0 N–H and O–H groups in total. The van der Waals surface area contributed by atoms with Crippen molar-refractivity contribution in [3.05, 3.63) is 52.8 Å². The number of allylic oxidation sites excluding steroid dienone is 2. The maximum absolute atomic E-state index is 13.4. The van der Waals surface area contributed by atoms with Gasteiger partial charge in [0.05, 0.1) is 4.88 Å². The number of benzene rings is 1. The van der Waals surface area contributed by atoms with Gasteiger partial charge in [0.15, 0.2) is 5.78 Å². The Morgan fingerprint density at radius 2 is 1.97 bits per heavy atom. The number of hydrogen-bond donors (Lipinski definition) is 0. The molecular weight excluding hydrogens is 385 g/mol. The van der Waals surface area contributed by atoms with Gasteiger partial charge < -0.3 is 0 Å². The smallest absolute Gasteiger partial charge is 0.171 e. The number of hydrogen-bond acceptors (Lipinski definition) is 4. The summed E-state index contributed by atoms with van der Waals surface area (Å²) in [5.41, 5.74) is 1.67. The van der Waals surface area contributed by atoms with Crippen molar-refractivity contribution in [1.82, 2.24) is 4.98 Å². The van der Waals surface area contributed by atoms with Crippen molar-refractivity contribution in [3.8, 4) is 10.6 Å². The average molecular weight is 422 g/mol. The minimum atomic E-state index is -0.265. The van der Waals surface area contributed by atoms with E-state index in [2.05, 4.69) is 11.1 Å². The minimum absolute atomic E-state index is 0. The van der Waals surface area contributed by atoms with Gasteiger partial charge >= 0.3 is 0 Å². The second kappa shape index (κ2) is 13.9. The predicted molar refractivity (Wildman–Crippen MR) is 124 cm³/mol. The number of carbonyl (C=O) groups is 2. The molecule has 0 saturated heterocycles. The highest BCUT2D eigenvalue weighted by Crippen LogP contribution is 2.27. The average Bonchev–Trinajstić information content (AvgIpc) is 3.12. The van der Waals surface area contributed by atoms with Crippen LogP contribution in [0.1, 0.15) is 78.0 Å². The summed E-state index contributed by atoms with van der Waals surface area (Å²) in [5, 5.41) is 0.685. The van der Waals surface area contributed by atoms with Crippen LogP contribution in [0.2, 0.25) is 0 Å². The van der Waals surface area contributed by atoms with E-state index >= 15 is 0 Å². The number of Topliss-reactive ketones (excluding diaryl/α,β-unsaturated/α-hetero) is 2. The summed E-state index contributed by atoms with van der Waals surface area (Å²) in [5.74, 6) is 0.406. The van der Waals surface area contributed by atoms with Gasteiger partial charge in [-0.15, -0.1) is 11.3 Å². The fourth-order valence-electron chi connectivity index (χ4n) is 2.57. The van der Waals surface area contributed by atoms with E-state index < -0.39 is 0 Å². The zero-order valence-electron chi connectivity index (χ0n) is 17.4. The normalized spacial score (nSPS) is 15.1. The van der Waals surface area contributed by atoms with E-state index in [1.165, 1.54) is 30.4 Å². The van der Waals surface area contributed by atoms with Gasteiger partial charge in [0.1, 0.15) is 16.6 Å². The highest BCUT2D eigenvalue weighted by atomic mass is 32.1. The summed E-state index contributed by atoms with van der Waals surface area (Å²) in [7, 11) is 0. The fraction of sp³-hybridized carbons (Fsp3) is 0.458. The van der Waals surface area contributed by atoms with Crippen LogP contribution in [0.4, 0.5) is 4.39 Å². The quantitative estimate of drug-likeness (QED) is 0.379. The lowest BCUT2D eigenvalue weighted by molar-refractivity contribution is -0.121. The zero-order chi connectivity index (χ0) is 21.1. The first kappa shape index (κ1) is 26.9. The van der Waals surface area contributed by atoms with Crippen LogP contribution in [0, 0.1) is 11.7 Å². The summed E-state index contributed by atoms with van der Waals surface area (Å²) < 4.78 is 13.4. The summed E-state index contributed by atoms with van der Waals surface area (Å²) in [4.78, 5) is 26.9. The number of ketones is 2. The van der Waals surface area contributed by atoms with Crippen LogP contribution in [0.15, 0.2) is 36.5 Å². The molecule has 1 atom stereocenters. The molecule has 1 aromatic carbocycles. The Bertz CT molecular complexity index is 817. The first-order chi connectivity index (χ1) is 13.4. The van der Waals surface area contributed by atoms with Crippen LogP contribution >= 0.6 is 11.3 Å². The molecule has 1 aromatic heterocycles. The molecule has 0 unspecified atom stereocenters. The third-order valence-electron chi connectivity index (χ3n) is 4.27. The first-order valence-corrected chi connectivity index (χ1v) is 10.7. The highest BCUT2D eigenvalue weighted by Gasteiger charge is 2.12. The number of aryl methyl sites for hydroxylation is 1. The van der Waals surface area contributed by atoms with Crippen molar-refractivity contribution < 1.29 is 15.4 Å². The molecule has 0 aliphatic heterocycles. The molecule has 1 aliphatic carbocycles. The lowest BCUT2D eigenvalue weighted by atomic mass is 10.0. The Hall–Kier alpha value is -2.14. The molecule has 29 heavy (non-hydrogen) atoms. The third-order valence-corrected chi connectivity index (χ3v) is 5.41. The topological polar surface area (TPSA) is 47.0 Å². The molecule has 2 aromatic rings. The van der Waals surface area contributed by atoms with Crippen molar-refractivity contribution in [1.29, 1.82) is 0 Å². The molecule has 3 rings (SSSR count). The number of halogens is 1. The number of thiazole rings is 1. The predicted octanol–water partition coefficient (Wildman–Crippen LogP) is 7.55. The second-order valence-electron chi connectivity index (χ2n) is 6.41. The summed E-state index contributed by atoms with van der Waals surface area (Å²) in [6, 6.07) is 4.87. The van der Waals surface area contributed by atoms with Crippen molar-refractivity contribution >= 4 is 22.9 Å². The maximum atomic E-state index is 13.4. The summed E-state index contributed by atoms with van der Waals surface area (Å²) >= 11 is 1.29. The molecule has 3 nitrogen and oxygen atoms in total. The van der Waals surface area contributed by atoms with Gasteiger partial charge in [-0.1, -0.05) is 47.3 Å². The molecule has 0 spiro atoms. The van der Waals surface area contributed by atoms with Crippen LogP contribution in [-0.2, 0) is 11.2 Å². The van der Waals surface area contributed by atoms with Crippen molar-refractivity contribution in [3.63, 3.8) is 0 Å². The van der Waals surface area contributed by atoms with Crippen molar-refractivity contribution in [2.75, 3.05) is 0 Å². The van der Waals surface area contributed by atoms with Crippen LogP contribution < -0.4 is 0 Å². The Kier molecular flexibility index (Phi) is 12.9. The van der Waals surface area contributed by atoms with E-state index in [0.29, 0.717) is 28.0 Å². The standard InChI is InChI=1S/C13H12FNOS.C8H12O.C2H6.CH4.H2/c1-3-9-4-10(6-11(14)5-9)13-15-7-12(17-13)8(2)16;1-7-5-3-2-4-6-8(7)9;1-2;;/h4-7H,3H2,1-2H3;2,4,7H,3,5-6H2,1H3;1-2H3;1H4;1H/t;7-;;;/m.1.../s1. The van der Waals surface area contributed by atoms with Crippen LogP contribution in [-0.4, -0.2) is 16.6 Å². The molecule has 1 aliphatic rings. The van der Waals surface area contributed by atoms with Gasteiger partial charge in [-0.05, 0) is 43.0 Å². The number of nitrogens with zero attached hydrogens (tertiary/aromatic N) is 1. The molecule has 0 bridgehead atoms. The SMILES string of the molecule is C.CC.CCc1cc(F)cc(-c2ncc(C(C)=O)s2)c1.C[C@@H]1CCC=CCC1=O.[HH]. The Balaban J connectivity index is 0. The highest BCUT2D eigenvalue weighted by molar-refractivity contribution is 7.16. The molecular formula is C24H36FNO2S. The van der Waals surface area contributed by atoms with Crippen molar-refractivity contribution in [2.24, 2.45) is 5.92 Å². The first-order valence-electron chi connectivity index (χ1n) is 9.85. The minimum Gasteiger partial charge on any atom is -0.299 e. The van der Waals surface area contributed by atoms with E-state index in [9.17, 15) is 14.0 Å². The molecule has 0 fully saturated rings. The van der Waals surface area contributed by atoms with Crippen molar-refractivity contribution in [2.45, 2.75) is 67.7 Å². The largest absolute Gasteiger partial charge is 0.299 e. The molecule has 0 saturated carbocycles. The summed E-state index contributed by atoms with van der Waals surface area (Å²) in [6.45, 7) is 9.48. The summed E-state index contributed by atoms with van der Waals surface area (Å²) in [6.07, 6.45) is 9.16. The van der Waals surface area contributed by atoms with Crippen LogP contribution in [0.25, 0.3) is 10.6 Å². The van der Waals surface area contributed by atoms with Gasteiger partial charge in [-0.25, -0.2) is 9.37 Å². The zero-order valence-corrected chi connectivity index (χ0v) is 18.2. The van der Waals surface area contributed by atoms with E-state index in [1.54, 1.807) is 6.20 Å². The van der Waals surface area contributed by atoms with Gasteiger partial charge in [0.2, 0.25) is 0 Å². The van der Waals surface area contributed by atoms with E-state index in [-0.39, 0.29) is 20.5 Å². The molecule has 0 radical (unpaired) electrons. The molecule has 0 amide bonds. The van der Waals surface area contributed by atoms with E-state index in [0.717, 1.165) is 30.4 Å². The Morgan fingerprint density at radius 3 is 2.55 bits per heavy atom. The van der Waals surface area contributed by atoms with Gasteiger partial charge in [0, 0.05) is 32.4 Å². The lowest BCUT2D eigenvalue weighted by Gasteiger charge is -2.02. The second-order valence-corrected chi connectivity index (χ2v) is 7.44. The molecule has 1 heterocycles. The van der Waals surface area contributed by atoms with Gasteiger partial charge in [-0.3, -0.25) is 9.59 Å². The lowest BCUT2D eigenvalue weighted by Crippen LogP contribution is -2.07. The van der Waals surface area contributed by atoms with E-state index in [4.69, 9.17) is 0 Å². The maximum Gasteiger partial charge on any atom is 0.171 e. The number of aromatic nitrogens is 1. The monoisotopic (exact) mass is 421 g/mol. The van der Waals surface area contributed by atoms with E-state index in [1.807, 2.05) is 39.8 Å². The van der Waals surface area contributed by atoms with Gasteiger partial charge in [-0.2, -0.15) is 0 Å². The van der Waals surface area contributed by atoms with Crippen LogP contribution in [0.3, 0.4) is 0 Å². The molecule has 5 heteroatoms. The van der Waals surface area contributed by atoms with Crippen LogP contribution in [0.5, 0.6) is 0 Å². The van der Waals surface area contributed by atoms with Gasteiger partial charge in [0.25, 0.3) is 0 Å². The molecule has 162 valence electrons. The Morgan fingerprint density at radius 1 is 1.28 bits per heavy atom.